The van der Waals surface area contributed by atoms with E-state index in [2.05, 4.69) is 10.1 Å². The molecule has 40 heavy (non-hydrogen) atoms. The van der Waals surface area contributed by atoms with E-state index in [0.717, 1.165) is 6.07 Å². The third-order valence-electron chi connectivity index (χ3n) is 6.06. The normalized spacial score (nSPS) is 13.2. The second kappa shape index (κ2) is 12.9. The number of imidazole rings is 1. The number of benzene rings is 2. The van der Waals surface area contributed by atoms with Gasteiger partial charge in [0.1, 0.15) is 16.6 Å². The number of rotatable bonds is 6. The molecule has 2 aromatic heterocycles. The molecule has 4 aromatic rings. The molecule has 0 bridgehead atoms. The predicted octanol–water partition coefficient (Wildman–Crippen LogP) is 7.47. The van der Waals surface area contributed by atoms with Crippen LogP contribution in [0.4, 0.5) is 23.2 Å². The van der Waals surface area contributed by atoms with Crippen molar-refractivity contribution >= 4 is 45.7 Å². The van der Waals surface area contributed by atoms with Gasteiger partial charge < -0.3 is 9.64 Å². The van der Waals surface area contributed by atoms with Crippen molar-refractivity contribution < 1.29 is 22.3 Å². The van der Waals surface area contributed by atoms with E-state index < -0.39 is 23.1 Å². The molecule has 0 radical (unpaired) electrons. The Balaban J connectivity index is 0.00000181. The van der Waals surface area contributed by atoms with Crippen molar-refractivity contribution in [2.45, 2.75) is 39.5 Å². The summed E-state index contributed by atoms with van der Waals surface area (Å²) in [5.74, 6) is -0.368. The van der Waals surface area contributed by atoms with Gasteiger partial charge in [0.05, 0.1) is 42.6 Å². The Morgan fingerprint density at radius 2 is 1.90 bits per heavy atom. The summed E-state index contributed by atoms with van der Waals surface area (Å²) in [5, 5.41) is 4.18. The lowest BCUT2D eigenvalue weighted by Gasteiger charge is -2.29. The number of anilines is 1. The van der Waals surface area contributed by atoms with Crippen LogP contribution in [0.15, 0.2) is 59.5 Å². The molecule has 0 amide bonds. The number of alkyl halides is 3. The first-order valence-electron chi connectivity index (χ1n) is 12.2. The second-order valence-electron chi connectivity index (χ2n) is 8.41. The van der Waals surface area contributed by atoms with Gasteiger partial charge in [-0.2, -0.15) is 23.3 Å². The zero-order valence-electron chi connectivity index (χ0n) is 21.3. The smallest absolute Gasteiger partial charge is 0.416 e. The van der Waals surface area contributed by atoms with Gasteiger partial charge in [-0.1, -0.05) is 49.7 Å². The largest absolute Gasteiger partial charge is 0.425 e. The van der Waals surface area contributed by atoms with Gasteiger partial charge >= 0.3 is 12.2 Å². The summed E-state index contributed by atoms with van der Waals surface area (Å²) < 4.78 is 63.7. The highest BCUT2D eigenvalue weighted by Gasteiger charge is 2.34. The average Bonchev–Trinajstić information content (AvgIpc) is 3.26. The summed E-state index contributed by atoms with van der Waals surface area (Å²) in [6.45, 7) is 4.48. The molecule has 0 saturated carbocycles. The van der Waals surface area contributed by atoms with Gasteiger partial charge in [0.25, 0.3) is 5.56 Å². The molecule has 1 aliphatic heterocycles. The number of nitrogens with zero attached hydrogens (tertiary/aromatic N) is 5. The molecular formula is C26H24ClF4IN5O2P. The molecule has 212 valence electrons. The van der Waals surface area contributed by atoms with E-state index >= 15 is 0 Å². The van der Waals surface area contributed by atoms with E-state index in [-0.39, 0.29) is 41.8 Å². The maximum Gasteiger partial charge on any atom is 0.416 e. The summed E-state index contributed by atoms with van der Waals surface area (Å²) in [4.78, 5) is 18.9. The van der Waals surface area contributed by atoms with Gasteiger partial charge in [-0.25, -0.2) is 8.84 Å². The molecule has 1 atom stereocenters. The third-order valence-corrected chi connectivity index (χ3v) is 8.26. The van der Waals surface area contributed by atoms with Crippen molar-refractivity contribution in [3.05, 3.63) is 98.4 Å². The summed E-state index contributed by atoms with van der Waals surface area (Å²) in [6.07, 6.45) is -2.55. The Hall–Kier alpha value is -2.70. The number of ether oxygens (including phenoxy) is 1. The van der Waals surface area contributed by atoms with Crippen LogP contribution in [0.1, 0.15) is 36.4 Å². The molecule has 0 fully saturated rings. The monoisotopic (exact) mass is 707 g/mol. The number of fused-ring (bicyclic) bond motifs is 1. The summed E-state index contributed by atoms with van der Waals surface area (Å²) in [7, 11) is 0. The lowest BCUT2D eigenvalue weighted by Crippen LogP contribution is -2.33. The Bertz CT molecular complexity index is 1560. The quantitative estimate of drug-likeness (QED) is 0.118. The molecule has 14 heteroatoms. The standard InChI is InChI=1S/C24H18ClF4IN5O2P.C2H6/c25-21-20(11-31-35(38-30)22(21)36)33-9-8-19-18(13-33)32-23(37-16-6-3-5-15(26)10-16)34(19)12-14-4-1-2-7-17(14)24(27,28)29;1-2/h1-7,10-11,38H,8-9,12-13H2;1-2H3. The van der Waals surface area contributed by atoms with Gasteiger partial charge in [0.15, 0.2) is 0 Å². The first-order valence-corrected chi connectivity index (χ1v) is 16.7. The zero-order chi connectivity index (χ0) is 29.0. The van der Waals surface area contributed by atoms with E-state index in [1.54, 1.807) is 4.57 Å². The molecule has 0 saturated heterocycles. The molecular weight excluding hydrogens is 684 g/mol. The maximum atomic E-state index is 13.8. The number of hydrogen-bond donors (Lipinski definition) is 0. The molecule has 0 spiro atoms. The SMILES string of the molecule is CC.O=c1c(Cl)c(N2CCc3c(nc(Oc4cccc(F)c4)n3Cc3ccccc3C(F)(F)F)C2)cnn1PI. The lowest BCUT2D eigenvalue weighted by atomic mass is 10.1. The highest BCUT2D eigenvalue weighted by atomic mass is 127. The van der Waals surface area contributed by atoms with Crippen LogP contribution >= 0.6 is 40.0 Å². The minimum Gasteiger partial charge on any atom is -0.425 e. The summed E-state index contributed by atoms with van der Waals surface area (Å²) >= 11 is 8.39. The first kappa shape index (κ1) is 30.3. The van der Waals surface area contributed by atoms with Gasteiger partial charge in [-0.05, 0) is 45.8 Å². The van der Waals surface area contributed by atoms with Crippen LogP contribution in [0.3, 0.4) is 0 Å². The fraction of sp³-hybridized carbons (Fsp3) is 0.269. The van der Waals surface area contributed by atoms with Crippen LogP contribution < -0.4 is 15.2 Å². The number of halogens is 6. The first-order chi connectivity index (χ1) is 19.2. The number of aromatic nitrogens is 4. The molecule has 1 aliphatic rings. The van der Waals surface area contributed by atoms with Crippen molar-refractivity contribution in [3.63, 3.8) is 0 Å². The molecule has 3 heterocycles. The second-order valence-corrected chi connectivity index (χ2v) is 10.8. The summed E-state index contributed by atoms with van der Waals surface area (Å²) in [5.41, 5.74) is 0.539. The molecule has 0 N–H and O–H groups in total. The van der Waals surface area contributed by atoms with E-state index in [1.807, 2.05) is 40.8 Å². The topological polar surface area (TPSA) is 65.2 Å². The van der Waals surface area contributed by atoms with Crippen LogP contribution in [0, 0.1) is 5.82 Å². The minimum atomic E-state index is -4.54. The van der Waals surface area contributed by atoms with Crippen LogP contribution in [-0.2, 0) is 25.7 Å². The van der Waals surface area contributed by atoms with Gasteiger partial charge in [-0.15, -0.1) is 0 Å². The lowest BCUT2D eigenvalue weighted by molar-refractivity contribution is -0.138. The Kier molecular flexibility index (Phi) is 9.73. The van der Waals surface area contributed by atoms with Crippen molar-refractivity contribution in [2.75, 3.05) is 11.4 Å². The summed E-state index contributed by atoms with van der Waals surface area (Å²) in [6, 6.07) is 10.8. The highest BCUT2D eigenvalue weighted by molar-refractivity contribution is 14.2. The predicted molar refractivity (Wildman–Crippen MR) is 157 cm³/mol. The van der Waals surface area contributed by atoms with Gasteiger partial charge in [-0.3, -0.25) is 9.36 Å². The van der Waals surface area contributed by atoms with Crippen molar-refractivity contribution in [1.82, 2.24) is 19.1 Å². The fourth-order valence-corrected chi connectivity index (χ4v) is 5.95. The Morgan fingerprint density at radius 3 is 2.60 bits per heavy atom. The molecule has 5 rings (SSSR count). The maximum absolute atomic E-state index is 13.8. The van der Waals surface area contributed by atoms with Gasteiger partial charge in [0.2, 0.25) is 0 Å². The highest BCUT2D eigenvalue weighted by Crippen LogP contribution is 2.36. The van der Waals surface area contributed by atoms with Crippen molar-refractivity contribution in [3.8, 4) is 11.8 Å². The van der Waals surface area contributed by atoms with E-state index in [0.29, 0.717) is 30.0 Å². The van der Waals surface area contributed by atoms with E-state index in [9.17, 15) is 22.4 Å². The Labute approximate surface area is 247 Å². The van der Waals surface area contributed by atoms with Crippen molar-refractivity contribution in [1.29, 1.82) is 0 Å². The number of hydrogen-bond acceptors (Lipinski definition) is 5. The minimum absolute atomic E-state index is 0.0300. The van der Waals surface area contributed by atoms with Crippen molar-refractivity contribution in [2.24, 2.45) is 0 Å². The zero-order valence-corrected chi connectivity index (χ0v) is 25.3. The van der Waals surface area contributed by atoms with Crippen LogP contribution in [-0.4, -0.2) is 25.6 Å². The van der Waals surface area contributed by atoms with Crippen LogP contribution in [0.25, 0.3) is 0 Å². The average molecular weight is 708 g/mol. The van der Waals surface area contributed by atoms with Crippen LogP contribution in [0.2, 0.25) is 5.02 Å². The molecule has 7 nitrogen and oxygen atoms in total. The van der Waals surface area contributed by atoms with Gasteiger partial charge in [0, 0.05) is 24.7 Å². The fourth-order valence-electron chi connectivity index (χ4n) is 4.31. The van der Waals surface area contributed by atoms with Crippen LogP contribution in [0.5, 0.6) is 11.8 Å². The Morgan fingerprint density at radius 1 is 1.15 bits per heavy atom. The van der Waals surface area contributed by atoms with E-state index in [1.165, 1.54) is 53.1 Å². The molecule has 1 unspecified atom stereocenters. The molecule has 2 aromatic carbocycles. The third kappa shape index (κ3) is 6.44. The molecule has 0 aliphatic carbocycles. The van der Waals surface area contributed by atoms with E-state index in [4.69, 9.17) is 16.3 Å².